The molecule has 1 N–H and O–H groups in total. The zero-order chi connectivity index (χ0) is 13.1. The van der Waals surface area contributed by atoms with Gasteiger partial charge in [0.2, 0.25) is 5.28 Å². The highest BCUT2D eigenvalue weighted by atomic mass is 35.5. The van der Waals surface area contributed by atoms with E-state index >= 15 is 0 Å². The van der Waals surface area contributed by atoms with Crippen molar-refractivity contribution in [2.24, 2.45) is 0 Å². The largest absolute Gasteiger partial charge is 0.481 e. The summed E-state index contributed by atoms with van der Waals surface area (Å²) in [5.74, 6) is -0.932. The van der Waals surface area contributed by atoms with Crippen LogP contribution in [0.3, 0.4) is 0 Å². The molecule has 0 radical (unpaired) electrons. The van der Waals surface area contributed by atoms with Crippen LogP contribution in [0.2, 0.25) is 10.3 Å². The van der Waals surface area contributed by atoms with Crippen LogP contribution in [0.15, 0.2) is 24.5 Å². The molecule has 7 heteroatoms. The van der Waals surface area contributed by atoms with Crippen molar-refractivity contribution in [2.45, 2.75) is 6.42 Å². The number of halogens is 2. The average Bonchev–Trinajstić information content (AvgIpc) is 2.33. The van der Waals surface area contributed by atoms with Gasteiger partial charge < -0.3 is 5.11 Å². The van der Waals surface area contributed by atoms with Crippen LogP contribution >= 0.6 is 23.2 Å². The molecule has 2 aromatic heterocycles. The van der Waals surface area contributed by atoms with E-state index in [1.54, 1.807) is 12.1 Å². The predicted molar refractivity (Wildman–Crippen MR) is 66.6 cm³/mol. The van der Waals surface area contributed by atoms with Gasteiger partial charge in [-0.25, -0.2) is 9.97 Å². The highest BCUT2D eigenvalue weighted by Gasteiger charge is 2.08. The Bertz CT molecular complexity index is 587. The smallest absolute Gasteiger partial charge is 0.309 e. The fourth-order valence-electron chi connectivity index (χ4n) is 1.37. The fourth-order valence-corrected chi connectivity index (χ4v) is 1.71. The number of hydrogen-bond donors (Lipinski definition) is 1. The first-order valence-corrected chi connectivity index (χ1v) is 5.67. The van der Waals surface area contributed by atoms with Crippen molar-refractivity contribution in [1.82, 2.24) is 15.0 Å². The number of carboxylic acids is 1. The van der Waals surface area contributed by atoms with E-state index in [4.69, 9.17) is 28.3 Å². The third-order valence-corrected chi connectivity index (χ3v) is 2.60. The van der Waals surface area contributed by atoms with E-state index in [-0.39, 0.29) is 11.7 Å². The Labute approximate surface area is 112 Å². The number of pyridine rings is 1. The maximum atomic E-state index is 10.5. The summed E-state index contributed by atoms with van der Waals surface area (Å²) in [6, 6.07) is 3.30. The van der Waals surface area contributed by atoms with E-state index in [0.29, 0.717) is 22.0 Å². The Kier molecular flexibility index (Phi) is 3.74. The van der Waals surface area contributed by atoms with Gasteiger partial charge in [-0.2, -0.15) is 0 Å². The number of carboxylic acid groups (broad SMARTS) is 1. The molecular weight excluding hydrogens is 277 g/mol. The first-order valence-electron chi connectivity index (χ1n) is 4.91. The van der Waals surface area contributed by atoms with E-state index in [1.165, 1.54) is 12.4 Å². The average molecular weight is 284 g/mol. The summed E-state index contributed by atoms with van der Waals surface area (Å²) >= 11 is 11.6. The molecule has 0 aromatic carbocycles. The van der Waals surface area contributed by atoms with Crippen molar-refractivity contribution in [3.8, 4) is 11.3 Å². The minimum Gasteiger partial charge on any atom is -0.481 e. The first-order chi connectivity index (χ1) is 8.56. The zero-order valence-electron chi connectivity index (χ0n) is 8.97. The van der Waals surface area contributed by atoms with E-state index in [1.807, 2.05) is 0 Å². The highest BCUT2D eigenvalue weighted by molar-refractivity contribution is 6.33. The molecule has 0 saturated carbocycles. The Hall–Kier alpha value is -1.72. The molecule has 0 aliphatic rings. The van der Waals surface area contributed by atoms with Gasteiger partial charge >= 0.3 is 5.97 Å². The van der Waals surface area contributed by atoms with Crippen LogP contribution in [0, 0.1) is 0 Å². The van der Waals surface area contributed by atoms with Gasteiger partial charge in [-0.15, -0.1) is 0 Å². The number of aromatic nitrogens is 3. The molecule has 0 fully saturated rings. The predicted octanol–water partition coefficient (Wildman–Crippen LogP) is 2.47. The van der Waals surface area contributed by atoms with Crippen molar-refractivity contribution in [3.63, 3.8) is 0 Å². The zero-order valence-corrected chi connectivity index (χ0v) is 10.5. The number of nitrogens with zero attached hydrogens (tertiary/aromatic N) is 3. The second kappa shape index (κ2) is 5.29. The van der Waals surface area contributed by atoms with Crippen LogP contribution in [0.25, 0.3) is 11.3 Å². The van der Waals surface area contributed by atoms with Crippen molar-refractivity contribution < 1.29 is 9.90 Å². The second-order valence-electron chi connectivity index (χ2n) is 3.44. The highest BCUT2D eigenvalue weighted by Crippen LogP contribution is 2.25. The molecule has 0 aliphatic carbocycles. The minimum absolute atomic E-state index is 0.0870. The standard InChI is InChI=1S/C11H7Cl2N3O2/c12-8-5-15-11(13)16-10(8)6-1-2-7(14-4-6)3-9(17)18/h1-2,4-5H,3H2,(H,17,18). The lowest BCUT2D eigenvalue weighted by atomic mass is 10.2. The molecule has 0 bridgehead atoms. The summed E-state index contributed by atoms with van der Waals surface area (Å²) in [6.45, 7) is 0. The summed E-state index contributed by atoms with van der Waals surface area (Å²) in [6.07, 6.45) is 2.78. The van der Waals surface area contributed by atoms with Gasteiger partial charge in [-0.1, -0.05) is 11.6 Å². The first kappa shape index (κ1) is 12.7. The Morgan fingerprint density at radius 1 is 1.22 bits per heavy atom. The molecule has 5 nitrogen and oxygen atoms in total. The maximum Gasteiger partial charge on any atom is 0.309 e. The van der Waals surface area contributed by atoms with Gasteiger partial charge in [0.1, 0.15) is 0 Å². The monoisotopic (exact) mass is 283 g/mol. The molecule has 0 atom stereocenters. The van der Waals surface area contributed by atoms with Crippen molar-refractivity contribution in [1.29, 1.82) is 0 Å². The van der Waals surface area contributed by atoms with Gasteiger partial charge in [0.05, 0.1) is 29.0 Å². The molecular formula is C11H7Cl2N3O2. The van der Waals surface area contributed by atoms with E-state index in [9.17, 15) is 4.79 Å². The van der Waals surface area contributed by atoms with Crippen LogP contribution in [0.4, 0.5) is 0 Å². The summed E-state index contributed by atoms with van der Waals surface area (Å²) in [7, 11) is 0. The SMILES string of the molecule is O=C(O)Cc1ccc(-c2nc(Cl)ncc2Cl)cn1. The van der Waals surface area contributed by atoms with E-state index in [0.717, 1.165) is 0 Å². The van der Waals surface area contributed by atoms with Crippen molar-refractivity contribution in [3.05, 3.63) is 40.5 Å². The normalized spacial score (nSPS) is 10.3. The third kappa shape index (κ3) is 2.94. The summed E-state index contributed by atoms with van der Waals surface area (Å²) < 4.78 is 0. The van der Waals surface area contributed by atoms with E-state index < -0.39 is 5.97 Å². The Morgan fingerprint density at radius 2 is 2.00 bits per heavy atom. The van der Waals surface area contributed by atoms with Crippen molar-refractivity contribution in [2.75, 3.05) is 0 Å². The molecule has 2 rings (SSSR count). The lowest BCUT2D eigenvalue weighted by molar-refractivity contribution is -0.136. The molecule has 92 valence electrons. The lowest BCUT2D eigenvalue weighted by Gasteiger charge is -2.04. The number of carbonyl (C=O) groups is 1. The van der Waals surface area contributed by atoms with Gasteiger partial charge in [0, 0.05) is 11.8 Å². The van der Waals surface area contributed by atoms with Gasteiger partial charge in [-0.05, 0) is 23.7 Å². The van der Waals surface area contributed by atoms with Crippen LogP contribution in [-0.4, -0.2) is 26.0 Å². The van der Waals surface area contributed by atoms with Crippen LogP contribution in [-0.2, 0) is 11.2 Å². The van der Waals surface area contributed by atoms with Gasteiger partial charge in [-0.3, -0.25) is 9.78 Å². The second-order valence-corrected chi connectivity index (χ2v) is 4.19. The molecule has 0 unspecified atom stereocenters. The molecule has 0 saturated heterocycles. The molecule has 2 aromatic rings. The third-order valence-electron chi connectivity index (χ3n) is 2.15. The van der Waals surface area contributed by atoms with Gasteiger partial charge in [0.25, 0.3) is 0 Å². The topological polar surface area (TPSA) is 76.0 Å². The summed E-state index contributed by atoms with van der Waals surface area (Å²) in [5, 5.41) is 9.08. The quantitative estimate of drug-likeness (QED) is 0.876. The molecule has 0 spiro atoms. The van der Waals surface area contributed by atoms with Crippen LogP contribution in [0.1, 0.15) is 5.69 Å². The Morgan fingerprint density at radius 3 is 2.61 bits per heavy atom. The molecule has 0 amide bonds. The Balaban J connectivity index is 2.34. The molecule has 0 aliphatic heterocycles. The van der Waals surface area contributed by atoms with Crippen LogP contribution < -0.4 is 0 Å². The molecule has 18 heavy (non-hydrogen) atoms. The summed E-state index contributed by atoms with van der Waals surface area (Å²) in [5.41, 5.74) is 1.58. The fraction of sp³-hybridized carbons (Fsp3) is 0.0909. The lowest BCUT2D eigenvalue weighted by Crippen LogP contribution is -2.02. The minimum atomic E-state index is -0.932. The number of rotatable bonds is 3. The maximum absolute atomic E-state index is 10.5. The van der Waals surface area contributed by atoms with Crippen molar-refractivity contribution >= 4 is 29.2 Å². The van der Waals surface area contributed by atoms with E-state index in [2.05, 4.69) is 15.0 Å². The molecule has 2 heterocycles. The number of aliphatic carboxylic acids is 1. The van der Waals surface area contributed by atoms with Crippen LogP contribution in [0.5, 0.6) is 0 Å². The number of hydrogen-bond acceptors (Lipinski definition) is 4. The summed E-state index contributed by atoms with van der Waals surface area (Å²) in [4.78, 5) is 22.3. The van der Waals surface area contributed by atoms with Gasteiger partial charge in [0.15, 0.2) is 0 Å².